The molecule has 0 radical (unpaired) electrons. The summed E-state index contributed by atoms with van der Waals surface area (Å²) in [5, 5.41) is 10.4. The average molecular weight is 543 g/mol. The Balaban J connectivity index is 1.51. The van der Waals surface area contributed by atoms with E-state index in [-0.39, 0.29) is 36.4 Å². The van der Waals surface area contributed by atoms with Crippen LogP contribution in [0.25, 0.3) is 0 Å². The summed E-state index contributed by atoms with van der Waals surface area (Å²) >= 11 is 12.2. The number of rotatable bonds is 8. The van der Waals surface area contributed by atoms with Crippen LogP contribution in [-0.2, 0) is 22.6 Å². The van der Waals surface area contributed by atoms with Crippen LogP contribution in [0.3, 0.4) is 0 Å². The minimum absolute atomic E-state index is 0.0657. The normalized spacial score (nSPS) is 22.7. The van der Waals surface area contributed by atoms with E-state index in [2.05, 4.69) is 23.1 Å². The quantitative estimate of drug-likeness (QED) is 0.547. The largest absolute Gasteiger partial charge is 0.340 e. The highest BCUT2D eigenvalue weighted by atomic mass is 35.5. The summed E-state index contributed by atoms with van der Waals surface area (Å²) in [6.07, 6.45) is 3.04. The first-order chi connectivity index (χ1) is 17.8. The van der Waals surface area contributed by atoms with Crippen molar-refractivity contribution in [1.29, 1.82) is 5.26 Å². The van der Waals surface area contributed by atoms with Crippen molar-refractivity contribution in [1.82, 2.24) is 14.7 Å². The molecule has 37 heavy (non-hydrogen) atoms. The van der Waals surface area contributed by atoms with Crippen LogP contribution in [0.1, 0.15) is 36.8 Å². The van der Waals surface area contributed by atoms with Gasteiger partial charge in [-0.3, -0.25) is 14.5 Å². The van der Waals surface area contributed by atoms with Gasteiger partial charge in [0, 0.05) is 38.8 Å². The van der Waals surface area contributed by atoms with Gasteiger partial charge in [-0.25, -0.2) is 0 Å². The Morgan fingerprint density at radius 3 is 2.65 bits per heavy atom. The molecule has 196 valence electrons. The fourth-order valence-corrected chi connectivity index (χ4v) is 5.88. The van der Waals surface area contributed by atoms with Crippen molar-refractivity contribution in [2.45, 2.75) is 62.8 Å². The van der Waals surface area contributed by atoms with Crippen LogP contribution in [0.5, 0.6) is 0 Å². The zero-order valence-electron chi connectivity index (χ0n) is 21.0. The van der Waals surface area contributed by atoms with Gasteiger partial charge in [0.1, 0.15) is 6.04 Å². The Hall–Kier alpha value is -2.63. The summed E-state index contributed by atoms with van der Waals surface area (Å²) in [5.74, 6) is -0.371. The molecule has 0 spiro atoms. The van der Waals surface area contributed by atoms with Gasteiger partial charge >= 0.3 is 0 Å². The van der Waals surface area contributed by atoms with Crippen LogP contribution in [0.4, 0.5) is 0 Å². The predicted molar refractivity (Wildman–Crippen MR) is 145 cm³/mol. The Labute approximate surface area is 228 Å². The van der Waals surface area contributed by atoms with E-state index in [1.54, 1.807) is 29.0 Å². The zero-order valence-corrected chi connectivity index (χ0v) is 22.5. The maximum Gasteiger partial charge on any atom is 0.246 e. The summed E-state index contributed by atoms with van der Waals surface area (Å²) in [6.45, 7) is 1.39. The summed E-state index contributed by atoms with van der Waals surface area (Å²) in [6, 6.07) is 16.5. The summed E-state index contributed by atoms with van der Waals surface area (Å²) in [7, 11) is 1.68. The molecule has 7 nitrogen and oxygen atoms in total. The van der Waals surface area contributed by atoms with Gasteiger partial charge in [0.2, 0.25) is 11.8 Å². The van der Waals surface area contributed by atoms with Crippen LogP contribution in [0, 0.1) is 11.3 Å². The number of aryl methyl sites for hydroxylation is 1. The standard InChI is InChI=1S/C28H33Cl2N5O2/c1-33(17-20-8-10-23(29)24(30)15-20)27(36)25(11-13-31)34-14-12-22(9-7-19-5-3-2-4-6-19)35-18-21(32)16-26(35)28(34)37/h2-6,8,10,15,21-22,25-26H,7,9,11-12,14,16-18,32H2,1H3/t21-,22?,25-,26+/m1/s1. The number of nitrogens with zero attached hydrogens (tertiary/aromatic N) is 4. The van der Waals surface area contributed by atoms with Crippen molar-refractivity contribution >= 4 is 35.0 Å². The molecule has 4 rings (SSSR count). The number of hydrogen-bond donors (Lipinski definition) is 1. The van der Waals surface area contributed by atoms with Gasteiger partial charge in [0.25, 0.3) is 0 Å². The van der Waals surface area contributed by atoms with Crippen molar-refractivity contribution < 1.29 is 9.59 Å². The highest BCUT2D eigenvalue weighted by Gasteiger charge is 2.46. The van der Waals surface area contributed by atoms with E-state index in [0.717, 1.165) is 24.8 Å². The van der Waals surface area contributed by atoms with Crippen LogP contribution in [-0.4, -0.2) is 70.8 Å². The number of nitriles is 1. The topological polar surface area (TPSA) is 93.7 Å². The number of nitrogens with two attached hydrogens (primary N) is 1. The van der Waals surface area contributed by atoms with Gasteiger partial charge in [0.15, 0.2) is 0 Å². The van der Waals surface area contributed by atoms with Crippen LogP contribution in [0.2, 0.25) is 10.0 Å². The third-order valence-corrected chi connectivity index (χ3v) is 8.19. The van der Waals surface area contributed by atoms with Crippen molar-refractivity contribution in [3.05, 3.63) is 69.7 Å². The minimum atomic E-state index is -0.850. The van der Waals surface area contributed by atoms with Gasteiger partial charge in [-0.15, -0.1) is 0 Å². The Bertz CT molecular complexity index is 1160. The second kappa shape index (κ2) is 12.3. The maximum atomic E-state index is 13.8. The molecule has 9 heteroatoms. The number of halogens is 2. The lowest BCUT2D eigenvalue weighted by atomic mass is 10.0. The molecule has 2 heterocycles. The summed E-state index contributed by atoms with van der Waals surface area (Å²) in [5.41, 5.74) is 8.39. The van der Waals surface area contributed by atoms with Gasteiger partial charge in [-0.2, -0.15) is 5.26 Å². The number of carbonyl (C=O) groups excluding carboxylic acids is 2. The lowest BCUT2D eigenvalue weighted by molar-refractivity contribution is -0.146. The minimum Gasteiger partial charge on any atom is -0.340 e. The summed E-state index contributed by atoms with van der Waals surface area (Å²) in [4.78, 5) is 32.8. The Morgan fingerprint density at radius 2 is 1.95 bits per heavy atom. The van der Waals surface area contributed by atoms with Gasteiger partial charge in [0.05, 0.1) is 28.6 Å². The van der Waals surface area contributed by atoms with Crippen molar-refractivity contribution in [3.8, 4) is 6.07 Å². The molecule has 0 aliphatic carbocycles. The highest BCUT2D eigenvalue weighted by molar-refractivity contribution is 6.42. The molecule has 0 saturated carbocycles. The first-order valence-electron chi connectivity index (χ1n) is 12.7. The number of fused-ring (bicyclic) bond motifs is 1. The number of carbonyl (C=O) groups is 2. The number of amides is 2. The number of hydrogen-bond acceptors (Lipinski definition) is 5. The molecule has 0 aromatic heterocycles. The highest BCUT2D eigenvalue weighted by Crippen LogP contribution is 2.30. The Morgan fingerprint density at radius 1 is 1.19 bits per heavy atom. The molecular formula is C28H33Cl2N5O2. The third kappa shape index (κ3) is 6.45. The molecule has 1 unspecified atom stereocenters. The molecule has 2 aliphatic rings. The molecule has 2 saturated heterocycles. The lowest BCUT2D eigenvalue weighted by Gasteiger charge is -2.33. The van der Waals surface area contributed by atoms with Gasteiger partial charge in [-0.05, 0) is 48.9 Å². The average Bonchev–Trinajstić information content (AvgIpc) is 3.23. The SMILES string of the molecule is CN(Cc1ccc(Cl)c(Cl)c1)C(=O)[C@@H](CC#N)N1CCC(CCc2ccccc2)N2C[C@H](N)C[C@H]2C1=O. The van der Waals surface area contributed by atoms with E-state index in [1.165, 1.54) is 5.56 Å². The summed E-state index contributed by atoms with van der Waals surface area (Å²) < 4.78 is 0. The molecule has 2 amide bonds. The number of likely N-dealkylation sites (N-methyl/N-ethyl adjacent to an activating group) is 1. The first-order valence-corrected chi connectivity index (χ1v) is 13.5. The smallest absolute Gasteiger partial charge is 0.246 e. The third-order valence-electron chi connectivity index (χ3n) is 7.45. The fraction of sp³-hybridized carbons (Fsp3) is 0.464. The van der Waals surface area contributed by atoms with Crippen LogP contribution in [0.15, 0.2) is 48.5 Å². The molecule has 2 aromatic rings. The van der Waals surface area contributed by atoms with E-state index in [9.17, 15) is 14.9 Å². The van der Waals surface area contributed by atoms with Crippen molar-refractivity contribution in [2.75, 3.05) is 20.1 Å². The van der Waals surface area contributed by atoms with E-state index in [1.807, 2.05) is 24.3 Å². The fourth-order valence-electron chi connectivity index (χ4n) is 5.56. The molecule has 4 atom stereocenters. The van der Waals surface area contributed by atoms with Gasteiger partial charge < -0.3 is 15.5 Å². The molecule has 0 bridgehead atoms. The van der Waals surface area contributed by atoms with E-state index >= 15 is 0 Å². The molecule has 2 aliphatic heterocycles. The lowest BCUT2D eigenvalue weighted by Crippen LogP contribution is -2.53. The second-order valence-electron chi connectivity index (χ2n) is 10.0. The first kappa shape index (κ1) is 27.4. The van der Waals surface area contributed by atoms with Crippen molar-refractivity contribution in [3.63, 3.8) is 0 Å². The van der Waals surface area contributed by atoms with Crippen LogP contribution < -0.4 is 5.73 Å². The van der Waals surface area contributed by atoms with Crippen molar-refractivity contribution in [2.24, 2.45) is 5.73 Å². The molecule has 2 N–H and O–H groups in total. The van der Waals surface area contributed by atoms with E-state index in [4.69, 9.17) is 28.9 Å². The second-order valence-corrected chi connectivity index (χ2v) is 10.8. The van der Waals surface area contributed by atoms with E-state index < -0.39 is 6.04 Å². The maximum absolute atomic E-state index is 13.8. The van der Waals surface area contributed by atoms with Gasteiger partial charge in [-0.1, -0.05) is 59.6 Å². The Kier molecular flexibility index (Phi) is 9.09. The zero-order chi connectivity index (χ0) is 26.5. The van der Waals surface area contributed by atoms with E-state index in [0.29, 0.717) is 36.1 Å². The molecule has 2 fully saturated rings. The predicted octanol–water partition coefficient (Wildman–Crippen LogP) is 3.87. The van der Waals surface area contributed by atoms with Crippen LogP contribution >= 0.6 is 23.2 Å². The molecular weight excluding hydrogens is 509 g/mol. The molecule has 2 aromatic carbocycles. The number of benzene rings is 2. The monoisotopic (exact) mass is 541 g/mol.